The number of nitrogens with zero attached hydrogens (tertiary/aromatic N) is 1. The molecule has 0 amide bonds. The van der Waals surface area contributed by atoms with Crippen molar-refractivity contribution in [2.45, 2.75) is 6.92 Å². The third kappa shape index (κ3) is 3.73. The van der Waals surface area contributed by atoms with Gasteiger partial charge in [0.15, 0.2) is 0 Å². The number of thiophene rings is 1. The first kappa shape index (κ1) is 25.8. The van der Waals surface area contributed by atoms with Gasteiger partial charge in [0.25, 0.3) is 6.71 Å². The summed E-state index contributed by atoms with van der Waals surface area (Å²) in [6.45, 7) is 2.16. The van der Waals surface area contributed by atoms with E-state index in [1.807, 2.05) is 17.4 Å². The first-order valence-corrected chi connectivity index (χ1v) is 16.4. The molecule has 10 rings (SSSR count). The van der Waals surface area contributed by atoms with Crippen LogP contribution in [-0.4, -0.2) is 6.71 Å². The van der Waals surface area contributed by atoms with Gasteiger partial charge >= 0.3 is 0 Å². The van der Waals surface area contributed by atoms with Crippen LogP contribution in [0.5, 0.6) is 23.0 Å². The maximum Gasteiger partial charge on any atom is 0.260 e. The van der Waals surface area contributed by atoms with Gasteiger partial charge in [0, 0.05) is 42.4 Å². The molecule has 7 aromatic carbocycles. The maximum absolute atomic E-state index is 6.70. The summed E-state index contributed by atoms with van der Waals surface area (Å²) in [6, 6.07) is 49.8. The lowest BCUT2D eigenvalue weighted by atomic mass is 9.35. The molecule has 0 fully saturated rings. The Morgan fingerprint density at radius 3 is 1.89 bits per heavy atom. The number of rotatable bonds is 3. The van der Waals surface area contributed by atoms with E-state index < -0.39 is 0 Å². The van der Waals surface area contributed by atoms with Crippen molar-refractivity contribution in [1.82, 2.24) is 0 Å². The summed E-state index contributed by atoms with van der Waals surface area (Å²) in [5.41, 5.74) is 8.10. The summed E-state index contributed by atoms with van der Waals surface area (Å²) >= 11 is 1.86. The van der Waals surface area contributed by atoms with E-state index in [1.165, 1.54) is 53.1 Å². The Bertz CT molecular complexity index is 2470. The van der Waals surface area contributed by atoms with Crippen LogP contribution < -0.4 is 30.8 Å². The average molecular weight is 608 g/mol. The Hall–Kier alpha value is -5.52. The van der Waals surface area contributed by atoms with Crippen molar-refractivity contribution in [3.63, 3.8) is 0 Å². The lowest BCUT2D eigenvalue weighted by molar-refractivity contribution is 0.464. The summed E-state index contributed by atoms with van der Waals surface area (Å²) in [7, 11) is 0. The second kappa shape index (κ2) is 9.74. The van der Waals surface area contributed by atoms with Gasteiger partial charge in [-0.1, -0.05) is 78.9 Å². The van der Waals surface area contributed by atoms with Crippen molar-refractivity contribution in [2.24, 2.45) is 0 Å². The van der Waals surface area contributed by atoms with Gasteiger partial charge in [0.1, 0.15) is 23.0 Å². The van der Waals surface area contributed by atoms with Crippen LogP contribution in [0.25, 0.3) is 30.9 Å². The van der Waals surface area contributed by atoms with Gasteiger partial charge in [-0.15, -0.1) is 11.3 Å². The highest BCUT2D eigenvalue weighted by atomic mass is 32.1. The van der Waals surface area contributed by atoms with Crippen molar-refractivity contribution >= 4 is 82.4 Å². The number of ether oxygens (including phenoxy) is 2. The fourth-order valence-corrected chi connectivity index (χ4v) is 8.60. The third-order valence-electron chi connectivity index (χ3n) is 9.40. The molecule has 0 radical (unpaired) electrons. The molecular formula is C41H26BNO2S. The number of hydrogen-bond donors (Lipinski definition) is 0. The minimum absolute atomic E-state index is 0.0490. The highest BCUT2D eigenvalue weighted by molar-refractivity contribution is 7.26. The van der Waals surface area contributed by atoms with Crippen molar-refractivity contribution in [3.8, 4) is 23.0 Å². The molecule has 0 N–H and O–H groups in total. The van der Waals surface area contributed by atoms with Crippen molar-refractivity contribution in [3.05, 3.63) is 145 Å². The average Bonchev–Trinajstić information content (AvgIpc) is 3.45. The van der Waals surface area contributed by atoms with E-state index in [0.717, 1.165) is 39.8 Å². The van der Waals surface area contributed by atoms with E-state index in [9.17, 15) is 0 Å². The number of para-hydroxylation sites is 2. The van der Waals surface area contributed by atoms with Gasteiger partial charge in [-0.25, -0.2) is 0 Å². The quantitative estimate of drug-likeness (QED) is 0.187. The molecule has 0 unspecified atom stereocenters. The zero-order chi connectivity index (χ0) is 30.4. The normalized spacial score (nSPS) is 12.8. The lowest BCUT2D eigenvalue weighted by Crippen LogP contribution is -2.57. The van der Waals surface area contributed by atoms with Crippen LogP contribution in [0, 0.1) is 6.92 Å². The highest BCUT2D eigenvalue weighted by Gasteiger charge is 2.40. The molecule has 2 aliphatic rings. The Labute approximate surface area is 271 Å². The van der Waals surface area contributed by atoms with Gasteiger partial charge in [-0.05, 0) is 89.5 Å². The maximum atomic E-state index is 6.70. The molecule has 2 aliphatic heterocycles. The van der Waals surface area contributed by atoms with E-state index in [1.54, 1.807) is 0 Å². The Kier molecular flexibility index (Phi) is 5.46. The molecule has 8 aromatic rings. The molecule has 0 atom stereocenters. The Balaban J connectivity index is 1.24. The van der Waals surface area contributed by atoms with E-state index >= 15 is 0 Å². The smallest absolute Gasteiger partial charge is 0.260 e. The number of hydrogen-bond acceptors (Lipinski definition) is 4. The van der Waals surface area contributed by atoms with Crippen molar-refractivity contribution in [2.75, 3.05) is 4.90 Å². The summed E-state index contributed by atoms with van der Waals surface area (Å²) in [5, 5.41) is 4.95. The number of aryl methyl sites for hydroxylation is 1. The van der Waals surface area contributed by atoms with Crippen LogP contribution >= 0.6 is 11.3 Å². The molecule has 0 spiro atoms. The molecule has 3 nitrogen and oxygen atoms in total. The largest absolute Gasteiger partial charge is 0.458 e. The molecule has 1 aromatic heterocycles. The topological polar surface area (TPSA) is 21.7 Å². The zero-order valence-corrected chi connectivity index (χ0v) is 25.8. The fourth-order valence-electron chi connectivity index (χ4n) is 7.41. The summed E-state index contributed by atoms with van der Waals surface area (Å²) in [6.07, 6.45) is 0. The molecule has 5 heteroatoms. The first-order chi connectivity index (χ1) is 22.7. The summed E-state index contributed by atoms with van der Waals surface area (Å²) in [4.78, 5) is 2.37. The van der Waals surface area contributed by atoms with Crippen LogP contribution in [0.2, 0.25) is 0 Å². The van der Waals surface area contributed by atoms with Crippen molar-refractivity contribution < 1.29 is 9.47 Å². The standard InChI is InChI=1S/C41H26BNO2S/c1-25-19-20-31-36(21-25)44-34-17-10-18-35-41(34)42(31)32-23-38-30(22-37(32)45-35)40-29-16-9-8-15-28(29)33(24-39(40)46-38)43(26-11-4-2-5-12-26)27-13-6-3-7-14-27/h2-24H,1H3. The molecule has 3 heterocycles. The number of benzene rings is 7. The van der Waals surface area contributed by atoms with E-state index in [4.69, 9.17) is 9.47 Å². The predicted molar refractivity (Wildman–Crippen MR) is 194 cm³/mol. The van der Waals surface area contributed by atoms with E-state index in [-0.39, 0.29) is 6.71 Å². The van der Waals surface area contributed by atoms with Gasteiger partial charge in [-0.3, -0.25) is 0 Å². The summed E-state index contributed by atoms with van der Waals surface area (Å²) < 4.78 is 15.6. The Morgan fingerprint density at radius 1 is 0.522 bits per heavy atom. The van der Waals surface area contributed by atoms with E-state index in [0.29, 0.717) is 0 Å². The van der Waals surface area contributed by atoms with Crippen molar-refractivity contribution in [1.29, 1.82) is 0 Å². The zero-order valence-electron chi connectivity index (χ0n) is 25.0. The first-order valence-electron chi connectivity index (χ1n) is 15.6. The molecule has 0 saturated carbocycles. The minimum Gasteiger partial charge on any atom is -0.458 e. The molecule has 0 saturated heterocycles. The number of anilines is 3. The number of fused-ring (bicyclic) bond motifs is 9. The monoisotopic (exact) mass is 607 g/mol. The lowest BCUT2D eigenvalue weighted by Gasteiger charge is -2.33. The van der Waals surface area contributed by atoms with Gasteiger partial charge < -0.3 is 14.4 Å². The highest BCUT2D eigenvalue weighted by Crippen LogP contribution is 2.47. The van der Waals surface area contributed by atoms with Gasteiger partial charge in [-0.2, -0.15) is 0 Å². The molecule has 0 aliphatic carbocycles. The van der Waals surface area contributed by atoms with Crippen LogP contribution in [0.15, 0.2) is 140 Å². The SMILES string of the molecule is Cc1ccc2c(c1)Oc1cccc3c1B2c1cc2sc4cc(N(c5ccccc5)c5ccccc5)c5ccccc5c4c2cc1O3. The van der Waals surface area contributed by atoms with E-state index in [2.05, 4.69) is 145 Å². The van der Waals surface area contributed by atoms with Crippen LogP contribution in [0.4, 0.5) is 17.1 Å². The predicted octanol–water partition coefficient (Wildman–Crippen LogP) is 9.71. The second-order valence-electron chi connectivity index (χ2n) is 12.2. The van der Waals surface area contributed by atoms with Gasteiger partial charge in [0.05, 0.1) is 5.69 Å². The Morgan fingerprint density at radius 2 is 1.17 bits per heavy atom. The van der Waals surface area contributed by atoms with Gasteiger partial charge in [0.2, 0.25) is 0 Å². The van der Waals surface area contributed by atoms with Crippen LogP contribution in [0.3, 0.4) is 0 Å². The summed E-state index contributed by atoms with van der Waals surface area (Å²) in [5.74, 6) is 3.59. The van der Waals surface area contributed by atoms with Crippen LogP contribution in [0.1, 0.15) is 5.56 Å². The molecular weight excluding hydrogens is 581 g/mol. The second-order valence-corrected chi connectivity index (χ2v) is 13.2. The molecule has 0 bridgehead atoms. The molecule has 46 heavy (non-hydrogen) atoms. The minimum atomic E-state index is 0.0490. The molecule has 216 valence electrons. The van der Waals surface area contributed by atoms with Crippen LogP contribution in [-0.2, 0) is 0 Å². The third-order valence-corrected chi connectivity index (χ3v) is 10.5. The fraction of sp³-hybridized carbons (Fsp3) is 0.0244.